The molecule has 1 aliphatic rings. The zero-order valence-electron chi connectivity index (χ0n) is 10.8. The monoisotopic (exact) mass is 299 g/mol. The molecule has 4 nitrogen and oxygen atoms in total. The summed E-state index contributed by atoms with van der Waals surface area (Å²) < 4.78 is 26.9. The van der Waals surface area contributed by atoms with Gasteiger partial charge >= 0.3 is 0 Å². The van der Waals surface area contributed by atoms with Crippen LogP contribution in [-0.2, 0) is 10.0 Å². The Balaban J connectivity index is 2.09. The molecule has 1 aliphatic heterocycles. The molecule has 1 atom stereocenters. The Morgan fingerprint density at radius 1 is 1.47 bits per heavy atom. The summed E-state index contributed by atoms with van der Waals surface area (Å²) in [4.78, 5) is 11.4. The van der Waals surface area contributed by atoms with E-state index in [1.54, 1.807) is 23.9 Å². The minimum Gasteiger partial charge on any atom is -0.295 e. The molecular weight excluding hydrogens is 282 g/mol. The van der Waals surface area contributed by atoms with Gasteiger partial charge in [-0.1, -0.05) is 12.1 Å². The minimum atomic E-state index is -3.52. The normalized spacial score (nSPS) is 19.5. The van der Waals surface area contributed by atoms with Crippen LogP contribution in [0.15, 0.2) is 29.2 Å². The molecular formula is C13H17NO3S2. The number of thioether (sulfide) groups is 1. The average molecular weight is 299 g/mol. The second kappa shape index (κ2) is 6.07. The topological polar surface area (TPSA) is 63.2 Å². The van der Waals surface area contributed by atoms with Crippen molar-refractivity contribution in [3.05, 3.63) is 29.8 Å². The average Bonchev–Trinajstić information content (AvgIpc) is 2.90. The summed E-state index contributed by atoms with van der Waals surface area (Å²) in [6, 6.07) is 6.15. The first kappa shape index (κ1) is 14.6. The van der Waals surface area contributed by atoms with Gasteiger partial charge in [0.15, 0.2) is 5.78 Å². The van der Waals surface area contributed by atoms with Crippen LogP contribution in [0, 0.1) is 0 Å². The second-order valence-electron chi connectivity index (χ2n) is 4.57. The molecule has 1 N–H and O–H groups in total. The fraction of sp³-hybridized carbons (Fsp3) is 0.462. The molecule has 2 rings (SSSR count). The van der Waals surface area contributed by atoms with Crippen LogP contribution in [0.2, 0.25) is 0 Å². The summed E-state index contributed by atoms with van der Waals surface area (Å²) in [6.07, 6.45) is 2.21. The van der Waals surface area contributed by atoms with E-state index in [0.717, 1.165) is 18.6 Å². The van der Waals surface area contributed by atoms with E-state index in [-0.39, 0.29) is 10.7 Å². The number of rotatable bonds is 5. The van der Waals surface area contributed by atoms with Crippen molar-refractivity contribution in [2.45, 2.75) is 29.9 Å². The molecule has 0 aliphatic carbocycles. The number of Topliss-reactive ketones (excluding diaryl/α,β-unsaturated/α-hetero) is 1. The highest BCUT2D eigenvalue weighted by Gasteiger charge is 2.20. The molecule has 1 unspecified atom stereocenters. The number of hydrogen-bond acceptors (Lipinski definition) is 4. The molecule has 19 heavy (non-hydrogen) atoms. The molecule has 1 saturated heterocycles. The van der Waals surface area contributed by atoms with Gasteiger partial charge in [-0.25, -0.2) is 13.1 Å². The standard InChI is InChI=1S/C13H17NO3S2/c1-10(15)11-4-2-6-13(8-11)19(16,17)14-9-12-5-3-7-18-12/h2,4,6,8,12,14H,3,5,7,9H2,1H3. The van der Waals surface area contributed by atoms with Crippen LogP contribution in [0.3, 0.4) is 0 Å². The van der Waals surface area contributed by atoms with Gasteiger partial charge in [-0.05, 0) is 37.7 Å². The number of ketones is 1. The zero-order chi connectivity index (χ0) is 13.9. The fourth-order valence-electron chi connectivity index (χ4n) is 1.97. The van der Waals surface area contributed by atoms with Gasteiger partial charge in [0.1, 0.15) is 0 Å². The summed E-state index contributed by atoms with van der Waals surface area (Å²) >= 11 is 1.81. The maximum absolute atomic E-state index is 12.1. The van der Waals surface area contributed by atoms with Crippen LogP contribution in [0.4, 0.5) is 0 Å². The van der Waals surface area contributed by atoms with Crippen molar-refractivity contribution >= 4 is 27.6 Å². The van der Waals surface area contributed by atoms with Gasteiger partial charge < -0.3 is 0 Å². The van der Waals surface area contributed by atoms with Gasteiger partial charge in [0.2, 0.25) is 10.0 Å². The summed E-state index contributed by atoms with van der Waals surface area (Å²) in [5.74, 6) is 0.968. The molecule has 6 heteroatoms. The van der Waals surface area contributed by atoms with Gasteiger partial charge in [-0.3, -0.25) is 4.79 Å². The molecule has 0 radical (unpaired) electrons. The molecule has 0 bridgehead atoms. The number of carbonyl (C=O) groups excluding carboxylic acids is 1. The highest BCUT2D eigenvalue weighted by molar-refractivity contribution is 8.00. The van der Waals surface area contributed by atoms with Crippen molar-refractivity contribution in [2.75, 3.05) is 12.3 Å². The number of benzene rings is 1. The second-order valence-corrected chi connectivity index (χ2v) is 7.75. The quantitative estimate of drug-likeness (QED) is 0.845. The highest BCUT2D eigenvalue weighted by atomic mass is 32.2. The fourth-order valence-corrected chi connectivity index (χ4v) is 4.41. The molecule has 0 amide bonds. The van der Waals surface area contributed by atoms with E-state index in [4.69, 9.17) is 0 Å². The number of nitrogens with one attached hydrogen (secondary N) is 1. The molecule has 1 aromatic rings. The molecule has 0 saturated carbocycles. The lowest BCUT2D eigenvalue weighted by atomic mass is 10.2. The van der Waals surface area contributed by atoms with E-state index in [0.29, 0.717) is 17.4 Å². The van der Waals surface area contributed by atoms with Crippen LogP contribution < -0.4 is 4.72 Å². The summed E-state index contributed by atoms with van der Waals surface area (Å²) in [5.41, 5.74) is 0.415. The SMILES string of the molecule is CC(=O)c1cccc(S(=O)(=O)NCC2CCCS2)c1. The smallest absolute Gasteiger partial charge is 0.240 e. The largest absolute Gasteiger partial charge is 0.295 e. The number of hydrogen-bond donors (Lipinski definition) is 1. The van der Waals surface area contributed by atoms with E-state index in [9.17, 15) is 13.2 Å². The number of carbonyl (C=O) groups is 1. The Labute approximate surface area is 118 Å². The molecule has 0 aromatic heterocycles. The summed E-state index contributed by atoms with van der Waals surface area (Å²) in [6.45, 7) is 1.88. The first-order valence-electron chi connectivity index (χ1n) is 6.21. The maximum Gasteiger partial charge on any atom is 0.240 e. The first-order valence-corrected chi connectivity index (χ1v) is 8.74. The Hall–Kier alpha value is -0.850. The third kappa shape index (κ3) is 3.81. The lowest BCUT2D eigenvalue weighted by Gasteiger charge is -2.11. The predicted octanol–water partition coefficient (Wildman–Crippen LogP) is 2.06. The zero-order valence-corrected chi connectivity index (χ0v) is 12.4. The summed E-state index contributed by atoms with van der Waals surface area (Å²) in [5, 5.41) is 0.366. The van der Waals surface area contributed by atoms with Crippen molar-refractivity contribution in [3.63, 3.8) is 0 Å². The third-order valence-electron chi connectivity index (χ3n) is 3.08. The third-order valence-corrected chi connectivity index (χ3v) is 5.90. The van der Waals surface area contributed by atoms with Gasteiger partial charge in [0.05, 0.1) is 4.90 Å². The van der Waals surface area contributed by atoms with Crippen molar-refractivity contribution < 1.29 is 13.2 Å². The van der Waals surface area contributed by atoms with E-state index < -0.39 is 10.0 Å². The van der Waals surface area contributed by atoms with Gasteiger partial charge in [-0.15, -0.1) is 0 Å². The van der Waals surface area contributed by atoms with Gasteiger partial charge in [-0.2, -0.15) is 11.8 Å². The maximum atomic E-state index is 12.1. The minimum absolute atomic E-state index is 0.136. The van der Waals surface area contributed by atoms with Gasteiger partial charge in [0.25, 0.3) is 0 Å². The molecule has 1 fully saturated rings. The lowest BCUT2D eigenvalue weighted by molar-refractivity contribution is 0.101. The van der Waals surface area contributed by atoms with Crippen molar-refractivity contribution in [3.8, 4) is 0 Å². The van der Waals surface area contributed by atoms with Gasteiger partial charge in [0, 0.05) is 17.4 Å². The van der Waals surface area contributed by atoms with E-state index in [1.165, 1.54) is 19.1 Å². The Kier molecular flexibility index (Phi) is 4.65. The number of sulfonamides is 1. The Bertz CT molecular complexity index is 563. The van der Waals surface area contributed by atoms with Crippen LogP contribution in [-0.4, -0.2) is 31.7 Å². The molecule has 104 valence electrons. The van der Waals surface area contributed by atoms with E-state index in [1.807, 2.05) is 0 Å². The van der Waals surface area contributed by atoms with Crippen LogP contribution in [0.25, 0.3) is 0 Å². The van der Waals surface area contributed by atoms with Crippen LogP contribution in [0.5, 0.6) is 0 Å². The van der Waals surface area contributed by atoms with E-state index >= 15 is 0 Å². The molecule has 0 spiro atoms. The summed E-state index contributed by atoms with van der Waals surface area (Å²) in [7, 11) is -3.52. The molecule has 1 aromatic carbocycles. The Morgan fingerprint density at radius 3 is 2.89 bits per heavy atom. The highest BCUT2D eigenvalue weighted by Crippen LogP contribution is 2.25. The van der Waals surface area contributed by atoms with Crippen molar-refractivity contribution in [1.82, 2.24) is 4.72 Å². The first-order chi connectivity index (χ1) is 8.99. The van der Waals surface area contributed by atoms with Crippen molar-refractivity contribution in [2.24, 2.45) is 0 Å². The van der Waals surface area contributed by atoms with E-state index in [2.05, 4.69) is 4.72 Å². The predicted molar refractivity (Wildman–Crippen MR) is 77.1 cm³/mol. The van der Waals surface area contributed by atoms with Crippen LogP contribution in [0.1, 0.15) is 30.1 Å². The molecule has 1 heterocycles. The van der Waals surface area contributed by atoms with Crippen molar-refractivity contribution in [1.29, 1.82) is 0 Å². The van der Waals surface area contributed by atoms with Crippen LogP contribution >= 0.6 is 11.8 Å². The lowest BCUT2D eigenvalue weighted by Crippen LogP contribution is -2.29. The Morgan fingerprint density at radius 2 is 2.26 bits per heavy atom.